The van der Waals surface area contributed by atoms with E-state index in [2.05, 4.69) is 0 Å². The maximum Gasteiger partial charge on any atom is 0.263 e. The van der Waals surface area contributed by atoms with Crippen LogP contribution >= 0.6 is 11.8 Å². The van der Waals surface area contributed by atoms with Crippen LogP contribution in [0.1, 0.15) is 31.9 Å². The summed E-state index contributed by atoms with van der Waals surface area (Å²) in [4.78, 5) is 12.9. The van der Waals surface area contributed by atoms with Crippen LogP contribution in [-0.4, -0.2) is 47.5 Å². The van der Waals surface area contributed by atoms with Crippen molar-refractivity contribution in [2.45, 2.75) is 42.0 Å². The van der Waals surface area contributed by atoms with E-state index in [4.69, 9.17) is 4.74 Å². The van der Waals surface area contributed by atoms with Gasteiger partial charge in [0.2, 0.25) is 10.0 Å². The second-order valence-corrected chi connectivity index (χ2v) is 11.1. The number of amides is 1. The Kier molecular flexibility index (Phi) is 6.76. The van der Waals surface area contributed by atoms with Crippen molar-refractivity contribution < 1.29 is 23.2 Å². The third kappa shape index (κ3) is 4.34. The molecule has 1 heterocycles. The fourth-order valence-electron chi connectivity index (χ4n) is 3.78. The van der Waals surface area contributed by atoms with Gasteiger partial charge in [-0.3, -0.25) is 10.0 Å². The summed E-state index contributed by atoms with van der Waals surface area (Å²) < 4.78 is 33.3. The lowest BCUT2D eigenvalue weighted by molar-refractivity contribution is -0.134. The number of nitrogens with zero attached hydrogens (tertiary/aromatic N) is 1. The van der Waals surface area contributed by atoms with Gasteiger partial charge in [-0.15, -0.1) is 0 Å². The number of methoxy groups -OCH3 is 1. The van der Waals surface area contributed by atoms with E-state index in [1.165, 1.54) is 35.3 Å². The van der Waals surface area contributed by atoms with Crippen LogP contribution in [0.25, 0.3) is 0 Å². The molecule has 2 atom stereocenters. The fourth-order valence-corrected chi connectivity index (χ4v) is 7.02. The third-order valence-electron chi connectivity index (χ3n) is 5.26. The molecule has 2 aromatic carbocycles. The Morgan fingerprint density at radius 3 is 2.37 bits per heavy atom. The van der Waals surface area contributed by atoms with E-state index < -0.39 is 32.8 Å². The van der Waals surface area contributed by atoms with Crippen molar-refractivity contribution in [1.29, 1.82) is 0 Å². The smallest absolute Gasteiger partial charge is 0.263 e. The van der Waals surface area contributed by atoms with E-state index in [0.29, 0.717) is 17.9 Å². The van der Waals surface area contributed by atoms with Crippen molar-refractivity contribution in [3.8, 4) is 5.75 Å². The van der Waals surface area contributed by atoms with Gasteiger partial charge >= 0.3 is 0 Å². The number of hydroxylamine groups is 1. The molecule has 0 spiro atoms. The number of sulfonamides is 1. The summed E-state index contributed by atoms with van der Waals surface area (Å²) in [5, 5.41) is 9.44. The molecular weight excluding hydrogens is 424 g/mol. The number of carbonyl (C=O) groups excluding carboxylic acids is 1. The number of hydrogen-bond donors (Lipinski definition) is 2. The van der Waals surface area contributed by atoms with Crippen LogP contribution in [0.15, 0.2) is 59.5 Å². The predicted octanol–water partition coefficient (Wildman–Crippen LogP) is 3.22. The molecule has 1 saturated heterocycles. The van der Waals surface area contributed by atoms with Crippen LogP contribution in [0, 0.1) is 0 Å². The van der Waals surface area contributed by atoms with Crippen LogP contribution < -0.4 is 10.2 Å². The van der Waals surface area contributed by atoms with Crippen LogP contribution in [0.5, 0.6) is 5.75 Å². The monoisotopic (exact) mass is 450 g/mol. The van der Waals surface area contributed by atoms with E-state index >= 15 is 0 Å². The van der Waals surface area contributed by atoms with Gasteiger partial charge in [-0.1, -0.05) is 30.3 Å². The number of ether oxygens (including phenoxy) is 1. The Bertz CT molecular complexity index is 978. The summed E-state index contributed by atoms with van der Waals surface area (Å²) in [6.07, 6.45) is 0.530. The van der Waals surface area contributed by atoms with E-state index in [-0.39, 0.29) is 4.90 Å². The van der Waals surface area contributed by atoms with Crippen LogP contribution in [0.3, 0.4) is 0 Å². The van der Waals surface area contributed by atoms with Gasteiger partial charge in [0.1, 0.15) is 11.8 Å². The highest BCUT2D eigenvalue weighted by atomic mass is 32.2. The fraction of sp³-hybridized carbons (Fsp3) is 0.381. The number of nitrogens with one attached hydrogen (secondary N) is 1. The minimum atomic E-state index is -4.09. The Morgan fingerprint density at radius 1 is 1.17 bits per heavy atom. The summed E-state index contributed by atoms with van der Waals surface area (Å²) in [6, 6.07) is 13.7. The van der Waals surface area contributed by atoms with Gasteiger partial charge < -0.3 is 4.74 Å². The molecule has 162 valence electrons. The molecule has 1 aliphatic rings. The maximum atomic E-state index is 13.9. The summed E-state index contributed by atoms with van der Waals surface area (Å²) in [5.41, 5.74) is 2.48. The van der Waals surface area contributed by atoms with E-state index in [1.54, 1.807) is 17.6 Å². The highest BCUT2D eigenvalue weighted by molar-refractivity contribution is 8.00. The highest BCUT2D eigenvalue weighted by Gasteiger charge is 2.50. The van der Waals surface area contributed by atoms with Crippen LogP contribution in [0.2, 0.25) is 0 Å². The van der Waals surface area contributed by atoms with Crippen LogP contribution in [-0.2, 0) is 14.8 Å². The van der Waals surface area contributed by atoms with Gasteiger partial charge in [0.05, 0.1) is 18.0 Å². The van der Waals surface area contributed by atoms with Gasteiger partial charge in [-0.2, -0.15) is 16.1 Å². The van der Waals surface area contributed by atoms with Crippen LogP contribution in [0.4, 0.5) is 0 Å². The average molecular weight is 451 g/mol. The van der Waals surface area contributed by atoms with Gasteiger partial charge in [0.25, 0.3) is 5.91 Å². The molecular formula is C21H26N2O5S2. The summed E-state index contributed by atoms with van der Waals surface area (Å²) in [6.45, 7) is 3.64. The van der Waals surface area contributed by atoms with Gasteiger partial charge in [-0.05, 0) is 55.9 Å². The lowest BCUT2D eigenvalue weighted by Crippen LogP contribution is -2.57. The minimum absolute atomic E-state index is 0.0580. The maximum absolute atomic E-state index is 13.9. The van der Waals surface area contributed by atoms with E-state index in [9.17, 15) is 18.4 Å². The number of carbonyl (C=O) groups is 1. The summed E-state index contributed by atoms with van der Waals surface area (Å²) in [7, 11) is -2.59. The van der Waals surface area contributed by atoms with Gasteiger partial charge in [0.15, 0.2) is 0 Å². The van der Waals surface area contributed by atoms with Crippen molar-refractivity contribution in [2.75, 3.05) is 12.9 Å². The van der Waals surface area contributed by atoms with Crippen molar-refractivity contribution in [2.24, 2.45) is 0 Å². The zero-order chi connectivity index (χ0) is 21.9. The molecule has 1 amide bonds. The van der Waals surface area contributed by atoms with E-state index in [0.717, 1.165) is 5.56 Å². The lowest BCUT2D eigenvalue weighted by atomic mass is 9.98. The first-order valence-electron chi connectivity index (χ1n) is 9.53. The SMILES string of the molecule is COc1ccc(S(=O)(=O)N2[C@@H](C(=O)NO)C(C)(C)SCC[C@H]2c2ccccc2)cc1. The number of thioether (sulfide) groups is 1. The van der Waals surface area contributed by atoms with Crippen molar-refractivity contribution in [3.05, 3.63) is 60.2 Å². The standard InChI is InChI=1S/C21H26N2O5S2/c1-21(2)19(20(24)22-25)23(18(13-14-29-21)15-7-5-4-6-8-15)30(26,27)17-11-9-16(28-3)10-12-17/h4-12,18-19,25H,13-14H2,1-3H3,(H,22,24)/t18-,19-/m0/s1. The topological polar surface area (TPSA) is 95.9 Å². The molecule has 2 aromatic rings. The van der Waals surface area contributed by atoms with Gasteiger partial charge in [0, 0.05) is 4.75 Å². The first-order valence-corrected chi connectivity index (χ1v) is 12.0. The van der Waals surface area contributed by atoms with Crippen molar-refractivity contribution in [3.63, 3.8) is 0 Å². The molecule has 0 unspecified atom stereocenters. The molecule has 1 fully saturated rings. The Hall–Kier alpha value is -2.07. The molecule has 0 aromatic heterocycles. The minimum Gasteiger partial charge on any atom is -0.497 e. The second kappa shape index (κ2) is 8.97. The Labute approximate surface area is 181 Å². The number of rotatable bonds is 5. The molecule has 0 bridgehead atoms. The van der Waals surface area contributed by atoms with Gasteiger partial charge in [-0.25, -0.2) is 13.9 Å². The molecule has 2 N–H and O–H groups in total. The predicted molar refractivity (Wildman–Crippen MR) is 116 cm³/mol. The first-order chi connectivity index (χ1) is 14.2. The molecule has 1 aliphatic heterocycles. The molecule has 0 radical (unpaired) electrons. The second-order valence-electron chi connectivity index (χ2n) is 7.56. The molecule has 7 nitrogen and oxygen atoms in total. The Balaban J connectivity index is 2.21. The number of hydrogen-bond acceptors (Lipinski definition) is 6. The third-order valence-corrected chi connectivity index (χ3v) is 8.56. The lowest BCUT2D eigenvalue weighted by Gasteiger charge is -2.40. The molecule has 0 aliphatic carbocycles. The first kappa shape index (κ1) is 22.6. The largest absolute Gasteiger partial charge is 0.497 e. The van der Waals surface area contributed by atoms with Crippen molar-refractivity contribution >= 4 is 27.7 Å². The number of benzene rings is 2. The highest BCUT2D eigenvalue weighted by Crippen LogP contribution is 2.44. The summed E-state index contributed by atoms with van der Waals surface area (Å²) in [5.74, 6) is 0.438. The quantitative estimate of drug-likeness (QED) is 0.536. The molecule has 9 heteroatoms. The normalized spacial score (nSPS) is 22.1. The zero-order valence-corrected chi connectivity index (χ0v) is 18.7. The Morgan fingerprint density at radius 2 is 1.80 bits per heavy atom. The summed E-state index contributed by atoms with van der Waals surface area (Å²) >= 11 is 1.51. The molecule has 0 saturated carbocycles. The average Bonchev–Trinajstić information content (AvgIpc) is 2.89. The molecule has 30 heavy (non-hydrogen) atoms. The van der Waals surface area contributed by atoms with E-state index in [1.807, 2.05) is 44.2 Å². The molecule has 3 rings (SSSR count). The zero-order valence-electron chi connectivity index (χ0n) is 17.1. The van der Waals surface area contributed by atoms with Crippen molar-refractivity contribution in [1.82, 2.24) is 9.79 Å².